The van der Waals surface area contributed by atoms with Crippen molar-refractivity contribution in [2.24, 2.45) is 0 Å². The number of hydrogen-bond donors (Lipinski definition) is 1. The van der Waals surface area contributed by atoms with Crippen molar-refractivity contribution in [1.29, 1.82) is 0 Å². The number of methoxy groups -OCH3 is 1. The van der Waals surface area contributed by atoms with Crippen molar-refractivity contribution in [3.05, 3.63) is 35.1 Å². The lowest BCUT2D eigenvalue weighted by Gasteiger charge is -2.13. The van der Waals surface area contributed by atoms with Crippen LogP contribution in [0.2, 0.25) is 0 Å². The molecule has 0 aliphatic heterocycles. The molecule has 6 heteroatoms. The monoisotopic (exact) mass is 293 g/mol. The molecule has 0 saturated carbocycles. The fraction of sp³-hybridized carbons (Fsp3) is 0.571. The molecular formula is C14H19F4NO. The molecule has 0 aliphatic rings. The zero-order valence-electron chi connectivity index (χ0n) is 11.4. The molecule has 0 amide bonds. The molecule has 0 bridgehead atoms. The first-order valence-corrected chi connectivity index (χ1v) is 6.50. The summed E-state index contributed by atoms with van der Waals surface area (Å²) in [6.45, 7) is 1.40. The summed E-state index contributed by atoms with van der Waals surface area (Å²) in [5, 5.41) is 2.95. The van der Waals surface area contributed by atoms with Crippen LogP contribution in [0, 0.1) is 5.82 Å². The predicted octanol–water partition coefficient (Wildman–Crippen LogP) is 3.75. The summed E-state index contributed by atoms with van der Waals surface area (Å²) in [6, 6.07) is 2.76. The molecule has 1 aromatic carbocycles. The Morgan fingerprint density at radius 1 is 1.15 bits per heavy atom. The normalized spacial score (nSPS) is 11.8. The molecule has 1 N–H and O–H groups in total. The minimum Gasteiger partial charge on any atom is -0.385 e. The largest absolute Gasteiger partial charge is 0.416 e. The molecule has 1 aromatic rings. The summed E-state index contributed by atoms with van der Waals surface area (Å²) in [7, 11) is 1.63. The van der Waals surface area contributed by atoms with Crippen LogP contribution in [0.5, 0.6) is 0 Å². The quantitative estimate of drug-likeness (QED) is 0.582. The summed E-state index contributed by atoms with van der Waals surface area (Å²) in [5.41, 5.74) is -0.847. The molecule has 0 atom stereocenters. The van der Waals surface area contributed by atoms with Gasteiger partial charge in [0.1, 0.15) is 5.82 Å². The maximum atomic E-state index is 12.9. The van der Waals surface area contributed by atoms with Crippen LogP contribution < -0.4 is 5.32 Å². The van der Waals surface area contributed by atoms with Crippen molar-refractivity contribution < 1.29 is 22.3 Å². The second-order valence-electron chi connectivity index (χ2n) is 4.53. The van der Waals surface area contributed by atoms with Crippen molar-refractivity contribution in [2.75, 3.05) is 20.3 Å². The van der Waals surface area contributed by atoms with Crippen molar-refractivity contribution in [3.63, 3.8) is 0 Å². The van der Waals surface area contributed by atoms with E-state index >= 15 is 0 Å². The number of halogens is 4. The average molecular weight is 293 g/mol. The van der Waals surface area contributed by atoms with E-state index in [1.54, 1.807) is 7.11 Å². The summed E-state index contributed by atoms with van der Waals surface area (Å²) >= 11 is 0. The van der Waals surface area contributed by atoms with Gasteiger partial charge >= 0.3 is 6.18 Å². The van der Waals surface area contributed by atoms with Crippen LogP contribution in [0.1, 0.15) is 30.4 Å². The number of rotatable bonds is 8. The highest BCUT2D eigenvalue weighted by molar-refractivity contribution is 5.30. The van der Waals surface area contributed by atoms with Crippen LogP contribution in [-0.2, 0) is 17.5 Å². The Balaban J connectivity index is 2.44. The van der Waals surface area contributed by atoms with E-state index in [0.29, 0.717) is 19.2 Å². The maximum absolute atomic E-state index is 12.9. The van der Waals surface area contributed by atoms with Gasteiger partial charge in [0.2, 0.25) is 0 Å². The van der Waals surface area contributed by atoms with E-state index in [4.69, 9.17) is 4.74 Å². The van der Waals surface area contributed by atoms with E-state index in [1.807, 2.05) is 0 Å². The maximum Gasteiger partial charge on any atom is 0.416 e. The Bertz CT molecular complexity index is 407. The van der Waals surface area contributed by atoms with Gasteiger partial charge in [-0.25, -0.2) is 4.39 Å². The molecule has 0 unspecified atom stereocenters. The standard InChI is InChI=1S/C14H19F4NO/c1-20-8-4-2-3-7-19-10-11-5-6-12(15)9-13(11)14(16,17)18/h5-6,9,19H,2-4,7-8,10H2,1H3. The molecule has 0 aromatic heterocycles. The van der Waals surface area contributed by atoms with E-state index in [0.717, 1.165) is 25.3 Å². The highest BCUT2D eigenvalue weighted by Gasteiger charge is 2.33. The van der Waals surface area contributed by atoms with Gasteiger partial charge in [-0.05, 0) is 43.5 Å². The van der Waals surface area contributed by atoms with Gasteiger partial charge in [0.25, 0.3) is 0 Å². The fourth-order valence-corrected chi connectivity index (χ4v) is 1.86. The number of benzene rings is 1. The smallest absolute Gasteiger partial charge is 0.385 e. The lowest BCUT2D eigenvalue weighted by Crippen LogP contribution is -2.19. The van der Waals surface area contributed by atoms with Gasteiger partial charge in [0, 0.05) is 20.3 Å². The van der Waals surface area contributed by atoms with E-state index in [9.17, 15) is 17.6 Å². The Labute approximate surface area is 116 Å². The second kappa shape index (κ2) is 8.21. The Morgan fingerprint density at radius 3 is 2.55 bits per heavy atom. The molecule has 0 heterocycles. The third-order valence-electron chi connectivity index (χ3n) is 2.89. The van der Waals surface area contributed by atoms with E-state index in [-0.39, 0.29) is 12.1 Å². The summed E-state index contributed by atoms with van der Waals surface area (Å²) in [4.78, 5) is 0. The van der Waals surface area contributed by atoms with Gasteiger partial charge in [0.15, 0.2) is 0 Å². The molecule has 0 fully saturated rings. The fourth-order valence-electron chi connectivity index (χ4n) is 1.86. The number of nitrogens with one attached hydrogen (secondary N) is 1. The highest BCUT2D eigenvalue weighted by atomic mass is 19.4. The summed E-state index contributed by atoms with van der Waals surface area (Å²) in [5.74, 6) is -0.874. The van der Waals surface area contributed by atoms with Gasteiger partial charge < -0.3 is 10.1 Å². The average Bonchev–Trinajstić information content (AvgIpc) is 2.38. The van der Waals surface area contributed by atoms with Gasteiger partial charge in [-0.2, -0.15) is 13.2 Å². The van der Waals surface area contributed by atoms with Crippen LogP contribution >= 0.6 is 0 Å². The van der Waals surface area contributed by atoms with Crippen LogP contribution in [-0.4, -0.2) is 20.3 Å². The molecule has 2 nitrogen and oxygen atoms in total. The van der Waals surface area contributed by atoms with Crippen molar-refractivity contribution >= 4 is 0 Å². The molecule has 0 aliphatic carbocycles. The molecule has 1 rings (SSSR count). The van der Waals surface area contributed by atoms with Crippen molar-refractivity contribution in [3.8, 4) is 0 Å². The van der Waals surface area contributed by atoms with Crippen LogP contribution in [0.25, 0.3) is 0 Å². The van der Waals surface area contributed by atoms with Gasteiger partial charge in [-0.15, -0.1) is 0 Å². The Morgan fingerprint density at radius 2 is 1.90 bits per heavy atom. The summed E-state index contributed by atoms with van der Waals surface area (Å²) in [6.07, 6.45) is -1.78. The van der Waals surface area contributed by atoms with E-state index in [2.05, 4.69) is 5.32 Å². The minimum absolute atomic E-state index is 0.0655. The third kappa shape index (κ3) is 5.88. The summed E-state index contributed by atoms with van der Waals surface area (Å²) < 4.78 is 56.0. The van der Waals surface area contributed by atoms with Crippen LogP contribution in [0.15, 0.2) is 18.2 Å². The van der Waals surface area contributed by atoms with Crippen molar-refractivity contribution in [2.45, 2.75) is 32.0 Å². The minimum atomic E-state index is -4.53. The first-order chi connectivity index (χ1) is 9.45. The first-order valence-electron chi connectivity index (χ1n) is 6.50. The topological polar surface area (TPSA) is 21.3 Å². The molecule has 114 valence electrons. The zero-order chi connectivity index (χ0) is 15.0. The predicted molar refractivity (Wildman–Crippen MR) is 68.8 cm³/mol. The lowest BCUT2D eigenvalue weighted by atomic mass is 10.1. The molecular weight excluding hydrogens is 274 g/mol. The van der Waals surface area contributed by atoms with Crippen molar-refractivity contribution in [1.82, 2.24) is 5.32 Å². The SMILES string of the molecule is COCCCCCNCc1ccc(F)cc1C(F)(F)F. The molecule has 20 heavy (non-hydrogen) atoms. The van der Waals surface area contributed by atoms with Crippen LogP contribution in [0.3, 0.4) is 0 Å². The van der Waals surface area contributed by atoms with Gasteiger partial charge in [-0.3, -0.25) is 0 Å². The highest BCUT2D eigenvalue weighted by Crippen LogP contribution is 2.32. The van der Waals surface area contributed by atoms with Crippen LogP contribution in [0.4, 0.5) is 17.6 Å². The van der Waals surface area contributed by atoms with E-state index < -0.39 is 17.6 Å². The number of hydrogen-bond acceptors (Lipinski definition) is 2. The molecule has 0 spiro atoms. The Kier molecular flexibility index (Phi) is 6.95. The van der Waals surface area contributed by atoms with Gasteiger partial charge in [0.05, 0.1) is 5.56 Å². The first kappa shape index (κ1) is 16.9. The molecule has 0 saturated heterocycles. The second-order valence-corrected chi connectivity index (χ2v) is 4.53. The number of ether oxygens (including phenoxy) is 1. The van der Waals surface area contributed by atoms with E-state index in [1.165, 1.54) is 6.07 Å². The number of alkyl halides is 3. The Hall–Kier alpha value is -1.14. The number of unbranched alkanes of at least 4 members (excludes halogenated alkanes) is 2. The lowest BCUT2D eigenvalue weighted by molar-refractivity contribution is -0.138. The zero-order valence-corrected chi connectivity index (χ0v) is 11.4. The molecule has 0 radical (unpaired) electrons. The van der Waals surface area contributed by atoms with Gasteiger partial charge in [-0.1, -0.05) is 6.07 Å². The third-order valence-corrected chi connectivity index (χ3v) is 2.89.